The first-order valence-electron chi connectivity index (χ1n) is 11.3. The van der Waals surface area contributed by atoms with Crippen molar-refractivity contribution in [2.24, 2.45) is 0 Å². The van der Waals surface area contributed by atoms with Crippen LogP contribution in [0, 0.1) is 0 Å². The van der Waals surface area contributed by atoms with E-state index in [4.69, 9.17) is 10.5 Å². The number of amides is 2. The molecule has 2 fully saturated rings. The Morgan fingerprint density at radius 1 is 1.06 bits per heavy atom. The van der Waals surface area contributed by atoms with E-state index in [1.54, 1.807) is 18.5 Å². The average molecular weight is 454 g/mol. The van der Waals surface area contributed by atoms with Gasteiger partial charge in [-0.1, -0.05) is 6.07 Å². The molecule has 8 nitrogen and oxygen atoms in total. The average Bonchev–Trinajstić information content (AvgIpc) is 2.95. The predicted molar refractivity (Wildman–Crippen MR) is 131 cm³/mol. The molecule has 178 valence electrons. The monoisotopic (exact) mass is 453 g/mol. The van der Waals surface area contributed by atoms with Gasteiger partial charge in [0.25, 0.3) is 0 Å². The van der Waals surface area contributed by atoms with Crippen molar-refractivity contribution in [3.63, 3.8) is 0 Å². The van der Waals surface area contributed by atoms with E-state index in [0.29, 0.717) is 23.5 Å². The Kier molecular flexibility index (Phi) is 7.58. The van der Waals surface area contributed by atoms with E-state index < -0.39 is 0 Å². The third kappa shape index (κ3) is 6.68. The van der Waals surface area contributed by atoms with Gasteiger partial charge >= 0.3 is 6.09 Å². The second kappa shape index (κ2) is 10.2. The number of nitrogen functional groups attached to an aromatic ring is 1. The molecule has 0 saturated carbocycles. The van der Waals surface area contributed by atoms with Crippen molar-refractivity contribution >= 4 is 23.4 Å². The molecule has 3 heterocycles. The lowest BCUT2D eigenvalue weighted by Crippen LogP contribution is -2.54. The number of carbonyl (C=O) groups is 2. The van der Waals surface area contributed by atoms with Gasteiger partial charge in [-0.25, -0.2) is 4.79 Å². The van der Waals surface area contributed by atoms with E-state index in [1.807, 2.05) is 49.9 Å². The number of anilines is 2. The highest BCUT2D eigenvalue weighted by Gasteiger charge is 2.40. The van der Waals surface area contributed by atoms with Crippen LogP contribution in [0.4, 0.5) is 16.2 Å². The molecule has 0 spiro atoms. The second-order valence-electron chi connectivity index (χ2n) is 9.65. The lowest BCUT2D eigenvalue weighted by molar-refractivity contribution is -0.114. The van der Waals surface area contributed by atoms with Crippen molar-refractivity contribution < 1.29 is 14.3 Å². The van der Waals surface area contributed by atoms with Gasteiger partial charge in [-0.05, 0) is 76.1 Å². The minimum absolute atomic E-state index is 0.136. The minimum Gasteiger partial charge on any atom is -0.444 e. The minimum atomic E-state index is -0.389. The zero-order valence-electron chi connectivity index (χ0n) is 20.2. The molecule has 2 atom stereocenters. The Hall–Kier alpha value is -3.13. The van der Waals surface area contributed by atoms with E-state index in [2.05, 4.69) is 22.2 Å². The highest BCUT2D eigenvalue weighted by atomic mass is 16.6. The van der Waals surface area contributed by atoms with Crippen LogP contribution in [-0.4, -0.2) is 64.6 Å². The molecule has 2 bridgehead atoms. The molecule has 2 aromatic rings. The number of benzene rings is 1. The molecule has 0 radical (unpaired) electrons. The van der Waals surface area contributed by atoms with Crippen molar-refractivity contribution in [2.75, 3.05) is 31.2 Å². The van der Waals surface area contributed by atoms with Crippen molar-refractivity contribution in [1.82, 2.24) is 14.8 Å². The summed E-state index contributed by atoms with van der Waals surface area (Å²) < 4.78 is 5.41. The number of nitrogens with two attached hydrogens (primary N) is 1. The van der Waals surface area contributed by atoms with Crippen molar-refractivity contribution in [2.45, 2.75) is 58.2 Å². The van der Waals surface area contributed by atoms with Crippen LogP contribution >= 0.6 is 0 Å². The van der Waals surface area contributed by atoms with Crippen molar-refractivity contribution in [3.8, 4) is 11.1 Å². The number of nitrogens with zero attached hydrogens (tertiary/aromatic N) is 3. The highest BCUT2D eigenvalue weighted by Crippen LogP contribution is 2.29. The smallest absolute Gasteiger partial charge is 0.410 e. The van der Waals surface area contributed by atoms with Gasteiger partial charge in [-0.3, -0.25) is 14.7 Å². The third-order valence-electron chi connectivity index (χ3n) is 5.88. The maximum atomic E-state index is 11.9. The summed E-state index contributed by atoms with van der Waals surface area (Å²) >= 11 is 0. The second-order valence-corrected chi connectivity index (χ2v) is 9.65. The topological polar surface area (TPSA) is 101 Å². The van der Waals surface area contributed by atoms with Crippen LogP contribution in [-0.2, 0) is 9.53 Å². The Labute approximate surface area is 196 Å². The van der Waals surface area contributed by atoms with Crippen LogP contribution in [0.15, 0.2) is 42.7 Å². The maximum absolute atomic E-state index is 11.9. The zero-order valence-corrected chi connectivity index (χ0v) is 20.2. The SMILES string of the molecule is CC(=O)Nc1cc(-c2ccncc2)ccc1N.CN1C2CCC1CN(C(=O)OC(C)(C)C)C2. The number of piperazine rings is 1. The third-order valence-corrected chi connectivity index (χ3v) is 5.88. The number of likely N-dealkylation sites (tertiary alicyclic amines) is 1. The number of fused-ring (bicyclic) bond motifs is 2. The molecular formula is C25H35N5O3. The molecule has 2 aliphatic rings. The Bertz CT molecular complexity index is 960. The van der Waals surface area contributed by atoms with Crippen molar-refractivity contribution in [3.05, 3.63) is 42.7 Å². The summed E-state index contributed by atoms with van der Waals surface area (Å²) in [5.74, 6) is -0.136. The highest BCUT2D eigenvalue weighted by molar-refractivity contribution is 5.93. The summed E-state index contributed by atoms with van der Waals surface area (Å²) in [6.07, 6.45) is 5.71. The van der Waals surface area contributed by atoms with E-state index in [-0.39, 0.29) is 17.6 Å². The van der Waals surface area contributed by atoms with Crippen LogP contribution < -0.4 is 11.1 Å². The van der Waals surface area contributed by atoms with Gasteiger partial charge < -0.3 is 20.7 Å². The molecule has 1 aromatic carbocycles. The molecule has 2 aliphatic heterocycles. The Balaban J connectivity index is 0.000000186. The number of likely N-dealkylation sites (N-methyl/N-ethyl adjacent to an activating group) is 1. The number of nitrogens with one attached hydrogen (secondary N) is 1. The van der Waals surface area contributed by atoms with Gasteiger partial charge in [0, 0.05) is 44.5 Å². The largest absolute Gasteiger partial charge is 0.444 e. The Morgan fingerprint density at radius 2 is 1.67 bits per heavy atom. The number of rotatable bonds is 2. The summed E-state index contributed by atoms with van der Waals surface area (Å²) in [4.78, 5) is 31.2. The molecule has 4 rings (SSSR count). The molecule has 2 unspecified atom stereocenters. The first-order chi connectivity index (χ1) is 15.5. The molecule has 3 N–H and O–H groups in total. The molecule has 1 aromatic heterocycles. The fourth-order valence-electron chi connectivity index (χ4n) is 4.17. The summed E-state index contributed by atoms with van der Waals surface area (Å²) in [5, 5.41) is 2.70. The first kappa shape index (κ1) is 24.5. The van der Waals surface area contributed by atoms with Gasteiger partial charge in [0.2, 0.25) is 5.91 Å². The fraction of sp³-hybridized carbons (Fsp3) is 0.480. The molecular weight excluding hydrogens is 418 g/mol. The maximum Gasteiger partial charge on any atom is 0.410 e. The summed E-state index contributed by atoms with van der Waals surface area (Å²) in [7, 11) is 2.16. The van der Waals surface area contributed by atoms with Crippen LogP contribution in [0.5, 0.6) is 0 Å². The van der Waals surface area contributed by atoms with Gasteiger partial charge in [0.05, 0.1) is 11.4 Å². The molecule has 2 amide bonds. The number of ether oxygens (including phenoxy) is 1. The lowest BCUT2D eigenvalue weighted by atomic mass is 10.1. The van der Waals surface area contributed by atoms with Crippen LogP contribution in [0.2, 0.25) is 0 Å². The van der Waals surface area contributed by atoms with Crippen LogP contribution in [0.25, 0.3) is 11.1 Å². The Morgan fingerprint density at radius 3 is 2.21 bits per heavy atom. The normalized spacial score (nSPS) is 20.0. The van der Waals surface area contributed by atoms with Gasteiger partial charge in [0.1, 0.15) is 5.60 Å². The number of pyridine rings is 1. The standard InChI is InChI=1S/C13H13N3O.C12H22N2O2/c1-9(17)16-13-8-11(2-3-12(13)14)10-4-6-15-7-5-10;1-12(2,3)16-11(15)14-7-9-5-6-10(8-14)13(9)4/h2-8H,14H2,1H3,(H,16,17);9-10H,5-8H2,1-4H3. The van der Waals surface area contributed by atoms with Crippen molar-refractivity contribution in [1.29, 1.82) is 0 Å². The van der Waals surface area contributed by atoms with E-state index in [9.17, 15) is 9.59 Å². The summed E-state index contributed by atoms with van der Waals surface area (Å²) in [6, 6.07) is 10.4. The number of aromatic nitrogens is 1. The quantitative estimate of drug-likeness (QED) is 0.667. The lowest BCUT2D eigenvalue weighted by Gasteiger charge is -2.39. The molecule has 8 heteroatoms. The molecule has 2 saturated heterocycles. The van der Waals surface area contributed by atoms with E-state index >= 15 is 0 Å². The first-order valence-corrected chi connectivity index (χ1v) is 11.3. The van der Waals surface area contributed by atoms with Gasteiger partial charge in [-0.2, -0.15) is 0 Å². The van der Waals surface area contributed by atoms with Gasteiger partial charge in [0.15, 0.2) is 0 Å². The summed E-state index contributed by atoms with van der Waals surface area (Å²) in [6.45, 7) is 8.84. The van der Waals surface area contributed by atoms with Crippen LogP contribution in [0.3, 0.4) is 0 Å². The number of hydrogen-bond donors (Lipinski definition) is 2. The van der Waals surface area contributed by atoms with E-state index in [1.165, 1.54) is 19.8 Å². The number of hydrogen-bond acceptors (Lipinski definition) is 6. The number of carbonyl (C=O) groups excluding carboxylic acids is 2. The van der Waals surface area contributed by atoms with Crippen LogP contribution in [0.1, 0.15) is 40.5 Å². The summed E-state index contributed by atoms with van der Waals surface area (Å²) in [5.41, 5.74) is 8.61. The predicted octanol–water partition coefficient (Wildman–Crippen LogP) is 3.99. The zero-order chi connectivity index (χ0) is 24.2. The molecule has 33 heavy (non-hydrogen) atoms. The fourth-order valence-corrected chi connectivity index (χ4v) is 4.17. The van der Waals surface area contributed by atoms with E-state index in [0.717, 1.165) is 24.2 Å². The molecule has 0 aliphatic carbocycles. The van der Waals surface area contributed by atoms with Gasteiger partial charge in [-0.15, -0.1) is 0 Å².